The average molecular weight is 322 g/mol. The number of methoxy groups -OCH3 is 1. The molecule has 2 rings (SSSR count). The van der Waals surface area contributed by atoms with Crippen molar-refractivity contribution in [1.29, 1.82) is 0 Å². The first-order valence-corrected chi connectivity index (χ1v) is 7.62. The summed E-state index contributed by atoms with van der Waals surface area (Å²) in [5, 5.41) is 0. The number of fused-ring (bicyclic) bond motifs is 1. The normalized spacial score (nSPS) is 19.1. The van der Waals surface area contributed by atoms with Gasteiger partial charge in [0.15, 0.2) is 9.84 Å². The second kappa shape index (κ2) is 4.46. The van der Waals surface area contributed by atoms with E-state index in [0.29, 0.717) is 0 Å². The highest BCUT2D eigenvalue weighted by atomic mass is 32.2. The number of sulfone groups is 1. The fourth-order valence-electron chi connectivity index (χ4n) is 2.51. The first kappa shape index (κ1) is 15.8. The molecule has 1 aromatic carbocycles. The molecular formula is C13H13F3O4S. The number of ether oxygens (including phenoxy) is 1. The van der Waals surface area contributed by atoms with Crippen LogP contribution in [0.1, 0.15) is 35.3 Å². The fraction of sp³-hybridized carbons (Fsp3) is 0.462. The second-order valence-electron chi connectivity index (χ2n) is 5.53. The first-order valence-electron chi connectivity index (χ1n) is 5.97. The van der Waals surface area contributed by atoms with Gasteiger partial charge < -0.3 is 4.74 Å². The molecule has 4 nitrogen and oxygen atoms in total. The van der Waals surface area contributed by atoms with Gasteiger partial charge in [-0.3, -0.25) is 0 Å². The number of esters is 1. The summed E-state index contributed by atoms with van der Waals surface area (Å²) in [5.74, 6) is -1.51. The lowest BCUT2D eigenvalue weighted by Crippen LogP contribution is -2.20. The Labute approximate surface area is 119 Å². The van der Waals surface area contributed by atoms with Crippen LogP contribution in [0, 0.1) is 0 Å². The molecule has 0 fully saturated rings. The van der Waals surface area contributed by atoms with Crippen molar-refractivity contribution < 1.29 is 31.1 Å². The van der Waals surface area contributed by atoms with E-state index in [4.69, 9.17) is 0 Å². The lowest BCUT2D eigenvalue weighted by molar-refractivity contribution is -0.138. The molecule has 8 heteroatoms. The van der Waals surface area contributed by atoms with Crippen molar-refractivity contribution in [1.82, 2.24) is 0 Å². The van der Waals surface area contributed by atoms with Crippen LogP contribution in [0.4, 0.5) is 13.2 Å². The number of rotatable bonds is 1. The molecule has 0 N–H and O–H groups in total. The third-order valence-electron chi connectivity index (χ3n) is 3.45. The number of halogens is 3. The summed E-state index contributed by atoms with van der Waals surface area (Å²) in [6.07, 6.45) is -4.78. The predicted octanol–water partition coefficient (Wildman–Crippen LogP) is 2.56. The Hall–Kier alpha value is -1.57. The maximum atomic E-state index is 13.1. The summed E-state index contributed by atoms with van der Waals surface area (Å²) in [6, 6.07) is 1.51. The summed E-state index contributed by atoms with van der Waals surface area (Å²) in [6.45, 7) is 3.10. The van der Waals surface area contributed by atoms with Crippen molar-refractivity contribution >= 4 is 15.8 Å². The van der Waals surface area contributed by atoms with E-state index in [0.717, 1.165) is 19.2 Å². The van der Waals surface area contributed by atoms with Crippen LogP contribution in [0.15, 0.2) is 17.0 Å². The average Bonchev–Trinajstić information content (AvgIpc) is 2.51. The highest BCUT2D eigenvalue weighted by Crippen LogP contribution is 2.44. The SMILES string of the molecule is COC(=O)c1cc2c(cc1C(F)(F)F)C(C)(C)CS2(=O)=O. The summed E-state index contributed by atoms with van der Waals surface area (Å²) < 4.78 is 67.7. The van der Waals surface area contributed by atoms with Crippen LogP contribution in [-0.4, -0.2) is 27.2 Å². The summed E-state index contributed by atoms with van der Waals surface area (Å²) >= 11 is 0. The molecule has 1 aliphatic rings. The maximum absolute atomic E-state index is 13.1. The van der Waals surface area contributed by atoms with Crippen LogP contribution in [-0.2, 0) is 26.2 Å². The third kappa shape index (κ3) is 2.52. The molecule has 0 saturated heterocycles. The summed E-state index contributed by atoms with van der Waals surface area (Å²) in [7, 11) is -2.78. The summed E-state index contributed by atoms with van der Waals surface area (Å²) in [4.78, 5) is 11.3. The minimum Gasteiger partial charge on any atom is -0.465 e. The van der Waals surface area contributed by atoms with Crippen molar-refractivity contribution in [3.8, 4) is 0 Å². The minimum absolute atomic E-state index is 0.0717. The Morgan fingerprint density at radius 1 is 1.29 bits per heavy atom. The van der Waals surface area contributed by atoms with Crippen LogP contribution in [0.3, 0.4) is 0 Å². The fourth-order valence-corrected chi connectivity index (χ4v) is 4.74. The van der Waals surface area contributed by atoms with Crippen LogP contribution in [0.25, 0.3) is 0 Å². The van der Waals surface area contributed by atoms with Gasteiger partial charge in [-0.25, -0.2) is 13.2 Å². The van der Waals surface area contributed by atoms with Gasteiger partial charge in [0.05, 0.1) is 28.9 Å². The first-order chi connectivity index (χ1) is 9.40. The molecule has 1 heterocycles. The molecule has 0 unspecified atom stereocenters. The molecule has 0 saturated carbocycles. The number of carbonyl (C=O) groups is 1. The monoisotopic (exact) mass is 322 g/mol. The van der Waals surface area contributed by atoms with E-state index < -0.39 is 38.5 Å². The Kier molecular flexibility index (Phi) is 3.36. The zero-order chi connectivity index (χ0) is 16.2. The van der Waals surface area contributed by atoms with Crippen molar-refractivity contribution in [2.45, 2.75) is 30.3 Å². The minimum atomic E-state index is -4.78. The van der Waals surface area contributed by atoms with E-state index in [-0.39, 0.29) is 16.2 Å². The van der Waals surface area contributed by atoms with Gasteiger partial charge in [-0.15, -0.1) is 0 Å². The van der Waals surface area contributed by atoms with E-state index in [1.165, 1.54) is 0 Å². The number of carbonyl (C=O) groups excluding carboxylic acids is 1. The van der Waals surface area contributed by atoms with Crippen LogP contribution >= 0.6 is 0 Å². The molecule has 116 valence electrons. The highest BCUT2D eigenvalue weighted by molar-refractivity contribution is 7.91. The zero-order valence-electron chi connectivity index (χ0n) is 11.5. The molecule has 21 heavy (non-hydrogen) atoms. The van der Waals surface area contributed by atoms with E-state index in [1.807, 2.05) is 0 Å². The Balaban J connectivity index is 2.85. The molecule has 0 bridgehead atoms. The zero-order valence-corrected chi connectivity index (χ0v) is 12.4. The van der Waals surface area contributed by atoms with Gasteiger partial charge in [-0.1, -0.05) is 13.8 Å². The molecule has 0 spiro atoms. The predicted molar refractivity (Wildman–Crippen MR) is 67.9 cm³/mol. The molecule has 0 amide bonds. The Morgan fingerprint density at radius 3 is 2.33 bits per heavy atom. The van der Waals surface area contributed by atoms with Crippen molar-refractivity contribution in [3.63, 3.8) is 0 Å². The highest BCUT2D eigenvalue weighted by Gasteiger charge is 2.45. The van der Waals surface area contributed by atoms with E-state index in [9.17, 15) is 26.4 Å². The molecule has 1 aliphatic heterocycles. The van der Waals surface area contributed by atoms with E-state index in [2.05, 4.69) is 4.74 Å². The lowest BCUT2D eigenvalue weighted by atomic mass is 9.85. The van der Waals surface area contributed by atoms with E-state index >= 15 is 0 Å². The smallest absolute Gasteiger partial charge is 0.417 e. The Bertz CT molecular complexity index is 718. The van der Waals surface area contributed by atoms with Gasteiger partial charge in [-0.2, -0.15) is 13.2 Å². The maximum Gasteiger partial charge on any atom is 0.417 e. The van der Waals surface area contributed by atoms with Gasteiger partial charge in [0, 0.05) is 5.41 Å². The topological polar surface area (TPSA) is 60.4 Å². The van der Waals surface area contributed by atoms with Gasteiger partial charge in [0.2, 0.25) is 0 Å². The van der Waals surface area contributed by atoms with Crippen molar-refractivity contribution in [2.75, 3.05) is 12.9 Å². The standard InChI is InChI=1S/C13H13F3O4S/c1-12(2)6-21(18,19)10-4-7(11(17)20-3)8(5-9(10)12)13(14,15)16/h4-5H,6H2,1-3H3. The summed E-state index contributed by atoms with van der Waals surface area (Å²) in [5.41, 5.74) is -2.84. The van der Waals surface area contributed by atoms with Crippen LogP contribution < -0.4 is 0 Å². The number of hydrogen-bond donors (Lipinski definition) is 0. The third-order valence-corrected chi connectivity index (χ3v) is 5.56. The molecular weight excluding hydrogens is 309 g/mol. The van der Waals surface area contributed by atoms with Gasteiger partial charge in [0.1, 0.15) is 0 Å². The lowest BCUT2D eigenvalue weighted by Gasteiger charge is -2.19. The van der Waals surface area contributed by atoms with Gasteiger partial charge >= 0.3 is 12.1 Å². The molecule has 0 radical (unpaired) electrons. The molecule has 0 aliphatic carbocycles. The Morgan fingerprint density at radius 2 is 1.86 bits per heavy atom. The van der Waals surface area contributed by atoms with E-state index in [1.54, 1.807) is 13.8 Å². The largest absolute Gasteiger partial charge is 0.465 e. The molecule has 0 atom stereocenters. The molecule has 1 aromatic rings. The quantitative estimate of drug-likeness (QED) is 0.746. The van der Waals surface area contributed by atoms with Gasteiger partial charge in [0.25, 0.3) is 0 Å². The number of alkyl halides is 3. The van der Waals surface area contributed by atoms with Crippen LogP contribution in [0.5, 0.6) is 0 Å². The van der Waals surface area contributed by atoms with Crippen molar-refractivity contribution in [3.05, 3.63) is 28.8 Å². The molecule has 0 aromatic heterocycles. The number of hydrogen-bond acceptors (Lipinski definition) is 4. The van der Waals surface area contributed by atoms with Crippen molar-refractivity contribution in [2.24, 2.45) is 0 Å². The number of benzene rings is 1. The second-order valence-corrected chi connectivity index (χ2v) is 7.48. The van der Waals surface area contributed by atoms with Gasteiger partial charge in [-0.05, 0) is 17.7 Å². The van der Waals surface area contributed by atoms with Crippen LogP contribution in [0.2, 0.25) is 0 Å².